The van der Waals surface area contributed by atoms with Gasteiger partial charge in [-0.05, 0) is 49.4 Å². The highest BCUT2D eigenvalue weighted by atomic mass is 16.2. The highest BCUT2D eigenvalue weighted by molar-refractivity contribution is 6.10. The van der Waals surface area contributed by atoms with Gasteiger partial charge in [-0.2, -0.15) is 0 Å². The van der Waals surface area contributed by atoms with Gasteiger partial charge in [-0.25, -0.2) is 0 Å². The van der Waals surface area contributed by atoms with E-state index in [0.29, 0.717) is 30.6 Å². The minimum atomic E-state index is -0.724. The number of amides is 3. The van der Waals surface area contributed by atoms with Crippen molar-refractivity contribution in [2.45, 2.75) is 44.8 Å². The van der Waals surface area contributed by atoms with E-state index < -0.39 is 5.66 Å². The highest BCUT2D eigenvalue weighted by Crippen LogP contribution is 2.43. The summed E-state index contributed by atoms with van der Waals surface area (Å²) in [7, 11) is 0. The number of anilines is 1. The molecule has 3 amide bonds. The van der Waals surface area contributed by atoms with Gasteiger partial charge in [-0.3, -0.25) is 19.3 Å². The Bertz CT molecular complexity index is 1230. The Kier molecular flexibility index (Phi) is 5.40. The average molecular weight is 445 g/mol. The van der Waals surface area contributed by atoms with Crippen LogP contribution in [0, 0.1) is 0 Å². The molecule has 1 atom stereocenters. The van der Waals surface area contributed by atoms with Crippen molar-refractivity contribution in [3.05, 3.63) is 66.4 Å². The molecule has 2 aliphatic heterocycles. The van der Waals surface area contributed by atoms with Crippen LogP contribution in [0.4, 0.5) is 5.69 Å². The zero-order chi connectivity index (χ0) is 23.0. The third-order valence-electron chi connectivity index (χ3n) is 6.89. The van der Waals surface area contributed by atoms with Gasteiger partial charge in [-0.15, -0.1) is 0 Å². The number of aromatic nitrogens is 1. The molecule has 7 heteroatoms. The standard InChI is InChI=1S/C26H28N4O3/c1-26-14-11-24(32)30(26)22-10-5-3-8-20(22)25(33)29(26)18-13-23(31)27-15-6-16-28-17-12-19-7-2-4-9-21(19)28/h2-5,7-10,12,17H,6,11,13-16,18H2,1H3,(H,27,31). The fourth-order valence-corrected chi connectivity index (χ4v) is 5.16. The summed E-state index contributed by atoms with van der Waals surface area (Å²) < 4.78 is 2.19. The largest absolute Gasteiger partial charge is 0.356 e. The van der Waals surface area contributed by atoms with Crippen molar-refractivity contribution in [1.29, 1.82) is 0 Å². The first-order valence-corrected chi connectivity index (χ1v) is 11.5. The van der Waals surface area contributed by atoms with E-state index in [0.717, 1.165) is 13.0 Å². The SMILES string of the molecule is CC12CCC(=O)N1c1ccccc1C(=O)N2CCC(=O)NCCCn1ccc2ccccc21. The quantitative estimate of drug-likeness (QED) is 0.567. The van der Waals surface area contributed by atoms with Crippen LogP contribution in [-0.2, 0) is 16.1 Å². The van der Waals surface area contributed by atoms with E-state index in [9.17, 15) is 14.4 Å². The number of nitrogens with zero attached hydrogens (tertiary/aromatic N) is 3. The maximum Gasteiger partial charge on any atom is 0.257 e. The molecule has 0 spiro atoms. The topological polar surface area (TPSA) is 74.7 Å². The number of rotatable bonds is 7. The zero-order valence-corrected chi connectivity index (χ0v) is 18.8. The van der Waals surface area contributed by atoms with Crippen LogP contribution in [-0.4, -0.2) is 45.9 Å². The fourth-order valence-electron chi connectivity index (χ4n) is 5.16. The molecule has 0 radical (unpaired) electrons. The summed E-state index contributed by atoms with van der Waals surface area (Å²) >= 11 is 0. The predicted molar refractivity (Wildman–Crippen MR) is 127 cm³/mol. The molecule has 3 aromatic rings. The highest BCUT2D eigenvalue weighted by Gasteiger charge is 2.52. The third kappa shape index (κ3) is 3.67. The minimum Gasteiger partial charge on any atom is -0.356 e. The van der Waals surface area contributed by atoms with E-state index in [1.165, 1.54) is 10.9 Å². The number of benzene rings is 2. The Morgan fingerprint density at radius 3 is 2.70 bits per heavy atom. The first-order chi connectivity index (χ1) is 16.0. The molecule has 5 rings (SSSR count). The molecule has 2 aromatic carbocycles. The Balaban J connectivity index is 1.18. The average Bonchev–Trinajstić information content (AvgIpc) is 3.37. The van der Waals surface area contributed by atoms with Gasteiger partial charge in [0.1, 0.15) is 5.66 Å². The first-order valence-electron chi connectivity index (χ1n) is 11.5. The molecular weight excluding hydrogens is 416 g/mol. The Morgan fingerprint density at radius 2 is 1.82 bits per heavy atom. The van der Waals surface area contributed by atoms with Crippen LogP contribution in [0.3, 0.4) is 0 Å². The molecule has 0 aliphatic carbocycles. The summed E-state index contributed by atoms with van der Waals surface area (Å²) in [5.74, 6) is -0.186. The Morgan fingerprint density at radius 1 is 1.03 bits per heavy atom. The third-order valence-corrected chi connectivity index (χ3v) is 6.89. The van der Waals surface area contributed by atoms with Crippen LogP contribution in [0.1, 0.15) is 43.0 Å². The summed E-state index contributed by atoms with van der Waals surface area (Å²) in [5.41, 5.74) is 1.66. The second-order valence-corrected chi connectivity index (χ2v) is 8.94. The number of carbonyl (C=O) groups excluding carboxylic acids is 3. The monoisotopic (exact) mass is 444 g/mol. The van der Waals surface area contributed by atoms with Gasteiger partial charge in [-0.1, -0.05) is 30.3 Å². The maximum absolute atomic E-state index is 13.2. The van der Waals surface area contributed by atoms with Crippen molar-refractivity contribution in [3.63, 3.8) is 0 Å². The van der Waals surface area contributed by atoms with Crippen LogP contribution in [0.5, 0.6) is 0 Å². The van der Waals surface area contributed by atoms with E-state index in [2.05, 4.69) is 34.3 Å². The zero-order valence-electron chi connectivity index (χ0n) is 18.8. The first kappa shape index (κ1) is 21.2. The molecule has 0 saturated carbocycles. The number of hydrogen-bond acceptors (Lipinski definition) is 3. The van der Waals surface area contributed by atoms with Crippen LogP contribution in [0.2, 0.25) is 0 Å². The summed E-state index contributed by atoms with van der Waals surface area (Å²) in [5, 5.41) is 4.19. The fraction of sp³-hybridized carbons (Fsp3) is 0.346. The van der Waals surface area contributed by atoms with Crippen molar-refractivity contribution in [3.8, 4) is 0 Å². The molecule has 7 nitrogen and oxygen atoms in total. The van der Waals surface area contributed by atoms with Crippen molar-refractivity contribution in [2.24, 2.45) is 0 Å². The molecule has 2 aliphatic rings. The van der Waals surface area contributed by atoms with Crippen LogP contribution >= 0.6 is 0 Å². The number of para-hydroxylation sites is 2. The van der Waals surface area contributed by atoms with Crippen molar-refractivity contribution in [1.82, 2.24) is 14.8 Å². The van der Waals surface area contributed by atoms with E-state index in [1.807, 2.05) is 31.2 Å². The number of carbonyl (C=O) groups is 3. The molecule has 3 heterocycles. The van der Waals surface area contributed by atoms with E-state index in [4.69, 9.17) is 0 Å². The van der Waals surface area contributed by atoms with Gasteiger partial charge in [0.15, 0.2) is 0 Å². The van der Waals surface area contributed by atoms with E-state index >= 15 is 0 Å². The second-order valence-electron chi connectivity index (χ2n) is 8.94. The molecule has 1 N–H and O–H groups in total. The molecule has 1 saturated heterocycles. The number of nitrogens with one attached hydrogen (secondary N) is 1. The van der Waals surface area contributed by atoms with Crippen molar-refractivity contribution in [2.75, 3.05) is 18.0 Å². The lowest BCUT2D eigenvalue weighted by atomic mass is 9.98. The molecule has 0 bridgehead atoms. The molecule has 1 fully saturated rings. The lowest BCUT2D eigenvalue weighted by Crippen LogP contribution is -2.62. The van der Waals surface area contributed by atoms with Gasteiger partial charge in [0.05, 0.1) is 11.3 Å². The summed E-state index contributed by atoms with van der Waals surface area (Å²) in [6, 6.07) is 17.6. The van der Waals surface area contributed by atoms with Crippen molar-refractivity contribution < 1.29 is 14.4 Å². The molecular formula is C26H28N4O3. The van der Waals surface area contributed by atoms with Gasteiger partial charge in [0, 0.05) is 44.2 Å². The van der Waals surface area contributed by atoms with Gasteiger partial charge in [0.25, 0.3) is 5.91 Å². The van der Waals surface area contributed by atoms with Gasteiger partial charge >= 0.3 is 0 Å². The maximum atomic E-state index is 13.2. The predicted octanol–water partition coefficient (Wildman–Crippen LogP) is 3.54. The van der Waals surface area contributed by atoms with Crippen LogP contribution in [0.15, 0.2) is 60.8 Å². The lowest BCUT2D eigenvalue weighted by molar-refractivity contribution is -0.121. The number of aryl methyl sites for hydroxylation is 1. The van der Waals surface area contributed by atoms with E-state index in [1.54, 1.807) is 21.9 Å². The lowest BCUT2D eigenvalue weighted by Gasteiger charge is -2.48. The molecule has 1 unspecified atom stereocenters. The van der Waals surface area contributed by atoms with Crippen LogP contribution < -0.4 is 10.2 Å². The number of fused-ring (bicyclic) bond motifs is 4. The second kappa shape index (κ2) is 8.39. The van der Waals surface area contributed by atoms with Crippen LogP contribution in [0.25, 0.3) is 10.9 Å². The summed E-state index contributed by atoms with van der Waals surface area (Å²) in [6.45, 7) is 3.60. The summed E-state index contributed by atoms with van der Waals surface area (Å²) in [4.78, 5) is 41.8. The summed E-state index contributed by atoms with van der Waals surface area (Å²) in [6.07, 6.45) is 4.06. The molecule has 33 heavy (non-hydrogen) atoms. The molecule has 170 valence electrons. The minimum absolute atomic E-state index is 0.0180. The van der Waals surface area contributed by atoms with Crippen molar-refractivity contribution >= 4 is 34.3 Å². The van der Waals surface area contributed by atoms with E-state index in [-0.39, 0.29) is 30.7 Å². The Labute approximate surface area is 193 Å². The Hall–Kier alpha value is -3.61. The number of hydrogen-bond donors (Lipinski definition) is 1. The van der Waals surface area contributed by atoms with Gasteiger partial charge < -0.3 is 14.8 Å². The normalized spacial score (nSPS) is 19.7. The smallest absolute Gasteiger partial charge is 0.257 e. The van der Waals surface area contributed by atoms with Gasteiger partial charge in [0.2, 0.25) is 11.8 Å². The molecule has 1 aromatic heterocycles.